The van der Waals surface area contributed by atoms with Crippen molar-refractivity contribution in [1.82, 2.24) is 10.6 Å². The Morgan fingerprint density at radius 2 is 1.67 bits per heavy atom. The molecule has 0 fully saturated rings. The van der Waals surface area contributed by atoms with Crippen molar-refractivity contribution in [2.45, 2.75) is 12.8 Å². The number of aliphatic carboxylic acids is 1. The van der Waals surface area contributed by atoms with Crippen LogP contribution in [0.4, 0.5) is 0 Å². The molecule has 0 aliphatic carbocycles. The van der Waals surface area contributed by atoms with Gasteiger partial charge in [-0.05, 0) is 30.2 Å². The molecule has 140 valence electrons. The number of hydrogen-bond acceptors (Lipinski definition) is 3. The molecule has 3 N–H and O–H groups in total. The highest BCUT2D eigenvalue weighted by Crippen LogP contribution is 2.15. The topological polar surface area (TPSA) is 95.5 Å². The fraction of sp³-hybridized carbons (Fsp3) is 0.150. The summed E-state index contributed by atoms with van der Waals surface area (Å²) < 4.78 is 0. The van der Waals surface area contributed by atoms with E-state index in [1.165, 1.54) is 0 Å². The molecule has 0 radical (unpaired) electrons. The second kappa shape index (κ2) is 10.1. The van der Waals surface area contributed by atoms with Gasteiger partial charge in [-0.2, -0.15) is 0 Å². The quantitative estimate of drug-likeness (QED) is 0.480. The monoisotopic (exact) mass is 386 g/mol. The number of carboxylic acids is 1. The highest BCUT2D eigenvalue weighted by molar-refractivity contribution is 6.34. The molecule has 0 heterocycles. The smallest absolute Gasteiger partial charge is 0.303 e. The highest BCUT2D eigenvalue weighted by Gasteiger charge is 2.16. The number of carboxylic acid groups (broad SMARTS) is 1. The van der Waals surface area contributed by atoms with E-state index in [4.69, 9.17) is 16.7 Å². The molecule has 27 heavy (non-hydrogen) atoms. The first-order valence-corrected chi connectivity index (χ1v) is 8.68. The Morgan fingerprint density at radius 1 is 1.00 bits per heavy atom. The van der Waals surface area contributed by atoms with Gasteiger partial charge in [-0.25, -0.2) is 0 Å². The van der Waals surface area contributed by atoms with Crippen molar-refractivity contribution >= 4 is 35.5 Å². The molecule has 0 bridgehead atoms. The van der Waals surface area contributed by atoms with Crippen molar-refractivity contribution in [2.24, 2.45) is 0 Å². The van der Waals surface area contributed by atoms with Gasteiger partial charge in [0.2, 0.25) is 0 Å². The molecule has 0 aliphatic rings. The van der Waals surface area contributed by atoms with E-state index in [0.29, 0.717) is 0 Å². The van der Waals surface area contributed by atoms with Crippen molar-refractivity contribution in [1.29, 1.82) is 0 Å². The second-order valence-corrected chi connectivity index (χ2v) is 6.06. The van der Waals surface area contributed by atoms with Crippen LogP contribution in [0.1, 0.15) is 28.8 Å². The standard InChI is InChI=1S/C20H19ClN2O4/c21-16-10-5-4-9-15(16)19(26)23-17(13-14-7-2-1-3-8-14)20(27)22-12-6-11-18(24)25/h1-5,7-10,13H,6,11-12H2,(H,22,27)(H,23,26)(H,24,25). The van der Waals surface area contributed by atoms with E-state index in [-0.39, 0.29) is 35.7 Å². The fourth-order valence-corrected chi connectivity index (χ4v) is 2.47. The van der Waals surface area contributed by atoms with E-state index in [1.54, 1.807) is 42.5 Å². The summed E-state index contributed by atoms with van der Waals surface area (Å²) in [5.41, 5.74) is 1.02. The van der Waals surface area contributed by atoms with E-state index in [0.717, 1.165) is 5.56 Å². The van der Waals surface area contributed by atoms with Gasteiger partial charge in [0.05, 0.1) is 10.6 Å². The lowest BCUT2D eigenvalue weighted by atomic mass is 10.1. The average Bonchev–Trinajstić information content (AvgIpc) is 2.65. The van der Waals surface area contributed by atoms with E-state index in [2.05, 4.69) is 10.6 Å². The van der Waals surface area contributed by atoms with Crippen LogP contribution < -0.4 is 10.6 Å². The van der Waals surface area contributed by atoms with Crippen LogP contribution in [0, 0.1) is 0 Å². The van der Waals surface area contributed by atoms with E-state index < -0.39 is 17.8 Å². The zero-order valence-electron chi connectivity index (χ0n) is 14.4. The van der Waals surface area contributed by atoms with E-state index in [9.17, 15) is 14.4 Å². The van der Waals surface area contributed by atoms with Crippen molar-refractivity contribution in [3.63, 3.8) is 0 Å². The number of hydrogen-bond donors (Lipinski definition) is 3. The molecule has 0 atom stereocenters. The number of rotatable bonds is 8. The Labute approximate surface area is 161 Å². The molecule has 0 aromatic heterocycles. The van der Waals surface area contributed by atoms with Crippen LogP contribution in [-0.2, 0) is 9.59 Å². The zero-order chi connectivity index (χ0) is 19.6. The third-order valence-electron chi connectivity index (χ3n) is 3.57. The molecular weight excluding hydrogens is 368 g/mol. The molecule has 0 aliphatic heterocycles. The van der Waals surface area contributed by atoms with Gasteiger partial charge in [-0.3, -0.25) is 14.4 Å². The maximum Gasteiger partial charge on any atom is 0.303 e. The number of amides is 2. The number of benzene rings is 2. The largest absolute Gasteiger partial charge is 0.481 e. The van der Waals surface area contributed by atoms with Gasteiger partial charge in [-0.1, -0.05) is 54.1 Å². The lowest BCUT2D eigenvalue weighted by molar-refractivity contribution is -0.137. The maximum absolute atomic E-state index is 12.5. The predicted octanol–water partition coefficient (Wildman–Crippen LogP) is 3.09. The molecule has 6 nitrogen and oxygen atoms in total. The summed E-state index contributed by atoms with van der Waals surface area (Å²) in [5.74, 6) is -1.95. The number of nitrogens with one attached hydrogen (secondary N) is 2. The number of halogens is 1. The minimum absolute atomic E-state index is 0.0430. The molecule has 2 aromatic carbocycles. The van der Waals surface area contributed by atoms with Crippen molar-refractivity contribution < 1.29 is 19.5 Å². The third-order valence-corrected chi connectivity index (χ3v) is 3.90. The normalized spacial score (nSPS) is 10.9. The van der Waals surface area contributed by atoms with Crippen LogP contribution in [-0.4, -0.2) is 29.4 Å². The van der Waals surface area contributed by atoms with Crippen molar-refractivity contribution in [2.75, 3.05) is 6.54 Å². The van der Waals surface area contributed by atoms with E-state index >= 15 is 0 Å². The van der Waals surface area contributed by atoms with Crippen molar-refractivity contribution in [3.8, 4) is 0 Å². The highest BCUT2D eigenvalue weighted by atomic mass is 35.5. The Kier molecular flexibility index (Phi) is 7.58. The second-order valence-electron chi connectivity index (χ2n) is 5.66. The lowest BCUT2D eigenvalue weighted by Gasteiger charge is -2.11. The molecule has 0 spiro atoms. The zero-order valence-corrected chi connectivity index (χ0v) is 15.2. The van der Waals surface area contributed by atoms with Gasteiger partial charge in [0.1, 0.15) is 5.70 Å². The SMILES string of the molecule is O=C(O)CCCNC(=O)C(=Cc1ccccc1)NC(=O)c1ccccc1Cl. The maximum atomic E-state index is 12.5. The molecule has 0 unspecified atom stereocenters. The van der Waals surface area contributed by atoms with E-state index in [1.807, 2.05) is 18.2 Å². The first kappa shape index (κ1) is 20.2. The van der Waals surface area contributed by atoms with Crippen molar-refractivity contribution in [3.05, 3.63) is 76.4 Å². The molecular formula is C20H19ClN2O4. The average molecular weight is 387 g/mol. The first-order chi connectivity index (χ1) is 13.0. The van der Waals surface area contributed by atoms with Gasteiger partial charge in [-0.15, -0.1) is 0 Å². The summed E-state index contributed by atoms with van der Waals surface area (Å²) in [6.45, 7) is 0.180. The van der Waals surface area contributed by atoms with Gasteiger partial charge >= 0.3 is 5.97 Å². The minimum atomic E-state index is -0.934. The molecule has 0 saturated carbocycles. The molecule has 2 rings (SSSR count). The summed E-state index contributed by atoms with van der Waals surface area (Å²) in [6.07, 6.45) is 1.78. The minimum Gasteiger partial charge on any atom is -0.481 e. The molecule has 0 saturated heterocycles. The predicted molar refractivity (Wildman–Crippen MR) is 103 cm³/mol. The Bertz CT molecular complexity index is 850. The van der Waals surface area contributed by atoms with Gasteiger partial charge in [0.15, 0.2) is 0 Å². The lowest BCUT2D eigenvalue weighted by Crippen LogP contribution is -2.35. The third kappa shape index (κ3) is 6.60. The summed E-state index contributed by atoms with van der Waals surface area (Å²) >= 11 is 6.04. The Balaban J connectivity index is 2.16. The van der Waals surface area contributed by atoms with Gasteiger partial charge in [0.25, 0.3) is 11.8 Å². The Morgan fingerprint density at radius 3 is 2.33 bits per heavy atom. The molecule has 7 heteroatoms. The van der Waals surface area contributed by atoms with Crippen LogP contribution in [0.2, 0.25) is 5.02 Å². The number of carbonyl (C=O) groups is 3. The molecule has 2 aromatic rings. The van der Waals surface area contributed by atoms with Crippen LogP contribution in [0.25, 0.3) is 6.08 Å². The van der Waals surface area contributed by atoms with Crippen LogP contribution in [0.3, 0.4) is 0 Å². The Hall–Kier alpha value is -3.12. The number of carbonyl (C=O) groups excluding carboxylic acids is 2. The van der Waals surface area contributed by atoms with Gasteiger partial charge < -0.3 is 15.7 Å². The van der Waals surface area contributed by atoms with Crippen LogP contribution in [0.15, 0.2) is 60.3 Å². The van der Waals surface area contributed by atoms with Gasteiger partial charge in [0, 0.05) is 13.0 Å². The van der Waals surface area contributed by atoms with Crippen LogP contribution in [0.5, 0.6) is 0 Å². The molecule has 2 amide bonds. The summed E-state index contributed by atoms with van der Waals surface area (Å²) in [4.78, 5) is 35.5. The summed E-state index contributed by atoms with van der Waals surface area (Å²) in [6, 6.07) is 15.6. The first-order valence-electron chi connectivity index (χ1n) is 8.30. The fourth-order valence-electron chi connectivity index (χ4n) is 2.25. The summed E-state index contributed by atoms with van der Waals surface area (Å²) in [5, 5.41) is 14.1. The van der Waals surface area contributed by atoms with Crippen LogP contribution >= 0.6 is 11.6 Å². The summed E-state index contributed by atoms with van der Waals surface area (Å²) in [7, 11) is 0.